The van der Waals surface area contributed by atoms with E-state index < -0.39 is 6.04 Å². The normalized spacial score (nSPS) is 15.3. The Hall–Kier alpha value is -3.42. The zero-order valence-corrected chi connectivity index (χ0v) is 22.9. The van der Waals surface area contributed by atoms with Gasteiger partial charge < -0.3 is 15.1 Å². The summed E-state index contributed by atoms with van der Waals surface area (Å²) < 4.78 is 0. The highest BCUT2D eigenvalue weighted by Gasteiger charge is 2.44. The number of benzene rings is 3. The molecule has 1 N–H and O–H groups in total. The quantitative estimate of drug-likeness (QED) is 0.365. The Kier molecular flexibility index (Phi) is 8.46. The molecule has 6 nitrogen and oxygen atoms in total. The van der Waals surface area contributed by atoms with Gasteiger partial charge in [0.2, 0.25) is 5.91 Å². The maximum atomic E-state index is 13.7. The van der Waals surface area contributed by atoms with Crippen LogP contribution in [-0.2, 0) is 22.4 Å². The fourth-order valence-corrected chi connectivity index (χ4v) is 5.02. The van der Waals surface area contributed by atoms with Crippen molar-refractivity contribution in [2.45, 2.75) is 32.2 Å². The van der Waals surface area contributed by atoms with E-state index in [0.29, 0.717) is 34.5 Å². The van der Waals surface area contributed by atoms with Crippen LogP contribution in [0.15, 0.2) is 72.8 Å². The van der Waals surface area contributed by atoms with Crippen LogP contribution in [0.1, 0.15) is 24.5 Å². The lowest BCUT2D eigenvalue weighted by Gasteiger charge is -2.24. The first-order valence-electron chi connectivity index (χ1n) is 12.3. The Balaban J connectivity index is 1.56. The van der Waals surface area contributed by atoms with Crippen LogP contribution in [0.25, 0.3) is 0 Å². The molecule has 8 heteroatoms. The Bertz CT molecular complexity index is 1280. The van der Waals surface area contributed by atoms with E-state index in [-0.39, 0.29) is 18.2 Å². The second kappa shape index (κ2) is 11.8. The second-order valence-electron chi connectivity index (χ2n) is 9.22. The molecule has 0 spiro atoms. The standard InChI is InChI=1S/C29H31ClN4O2S/c1-4-20-9-11-22(12-10-20)31-27(35)19-26-28(36)34(24-15-13-23(14-16-24)32(2)3)29(37)33(26)18-17-21-7-5-6-8-25(21)30/h5-16,26H,4,17-19H2,1-3H3,(H,31,35)/t26-/m1/s1. The molecule has 37 heavy (non-hydrogen) atoms. The zero-order chi connectivity index (χ0) is 26.5. The van der Waals surface area contributed by atoms with E-state index in [1.54, 1.807) is 0 Å². The summed E-state index contributed by atoms with van der Waals surface area (Å²) in [7, 11) is 3.92. The first-order chi connectivity index (χ1) is 17.8. The number of nitrogens with zero attached hydrogens (tertiary/aromatic N) is 3. The van der Waals surface area contributed by atoms with Crippen LogP contribution in [0.2, 0.25) is 5.02 Å². The number of carbonyl (C=O) groups excluding carboxylic acids is 2. The summed E-state index contributed by atoms with van der Waals surface area (Å²) in [5.41, 5.74) is 4.56. The summed E-state index contributed by atoms with van der Waals surface area (Å²) >= 11 is 12.2. The molecule has 0 aliphatic carbocycles. The molecule has 0 radical (unpaired) electrons. The van der Waals surface area contributed by atoms with E-state index in [2.05, 4.69) is 12.2 Å². The Morgan fingerprint density at radius 3 is 2.32 bits per heavy atom. The van der Waals surface area contributed by atoms with Crippen LogP contribution >= 0.6 is 23.8 Å². The van der Waals surface area contributed by atoms with Crippen molar-refractivity contribution < 1.29 is 9.59 Å². The minimum atomic E-state index is -0.710. The molecule has 1 fully saturated rings. The largest absolute Gasteiger partial charge is 0.378 e. The SMILES string of the molecule is CCc1ccc(NC(=O)C[C@@H]2C(=O)N(c3ccc(N(C)C)cc3)C(=S)N2CCc2ccccc2Cl)cc1. The van der Waals surface area contributed by atoms with Crippen molar-refractivity contribution in [2.24, 2.45) is 0 Å². The molecule has 0 bridgehead atoms. The third-order valence-corrected chi connectivity index (χ3v) is 7.33. The van der Waals surface area contributed by atoms with E-state index >= 15 is 0 Å². The molecule has 0 unspecified atom stereocenters. The van der Waals surface area contributed by atoms with Gasteiger partial charge in [-0.2, -0.15) is 0 Å². The van der Waals surface area contributed by atoms with Crippen LogP contribution < -0.4 is 15.1 Å². The number of anilines is 3. The molecular weight excluding hydrogens is 504 g/mol. The van der Waals surface area contributed by atoms with Crippen molar-refractivity contribution in [1.82, 2.24) is 4.90 Å². The molecule has 3 aromatic rings. The molecule has 1 atom stereocenters. The van der Waals surface area contributed by atoms with E-state index in [1.165, 1.54) is 10.5 Å². The van der Waals surface area contributed by atoms with Gasteiger partial charge in [0.15, 0.2) is 5.11 Å². The van der Waals surface area contributed by atoms with E-state index in [1.807, 2.05) is 96.7 Å². The molecule has 1 heterocycles. The Morgan fingerprint density at radius 1 is 1.03 bits per heavy atom. The van der Waals surface area contributed by atoms with Gasteiger partial charge in [0.05, 0.1) is 12.1 Å². The van der Waals surface area contributed by atoms with Gasteiger partial charge >= 0.3 is 0 Å². The highest BCUT2D eigenvalue weighted by molar-refractivity contribution is 7.80. The number of aryl methyl sites for hydroxylation is 1. The highest BCUT2D eigenvalue weighted by Crippen LogP contribution is 2.29. The number of rotatable bonds is 9. The number of hydrogen-bond acceptors (Lipinski definition) is 4. The van der Waals surface area contributed by atoms with Crippen LogP contribution in [0.3, 0.4) is 0 Å². The number of amides is 2. The summed E-state index contributed by atoms with van der Waals surface area (Å²) in [6, 6.07) is 22.3. The van der Waals surface area contributed by atoms with Gasteiger partial charge in [0.1, 0.15) is 6.04 Å². The summed E-state index contributed by atoms with van der Waals surface area (Å²) in [5, 5.41) is 3.98. The van der Waals surface area contributed by atoms with Crippen molar-refractivity contribution in [3.8, 4) is 0 Å². The molecule has 192 valence electrons. The van der Waals surface area contributed by atoms with E-state index in [4.69, 9.17) is 23.8 Å². The van der Waals surface area contributed by atoms with Crippen molar-refractivity contribution in [3.63, 3.8) is 0 Å². The predicted octanol–water partition coefficient (Wildman–Crippen LogP) is 5.54. The van der Waals surface area contributed by atoms with Gasteiger partial charge in [-0.05, 0) is 78.7 Å². The third-order valence-electron chi connectivity index (χ3n) is 6.55. The van der Waals surface area contributed by atoms with Crippen molar-refractivity contribution in [2.75, 3.05) is 35.8 Å². The van der Waals surface area contributed by atoms with Crippen molar-refractivity contribution >= 4 is 57.8 Å². The van der Waals surface area contributed by atoms with Crippen LogP contribution in [0.5, 0.6) is 0 Å². The van der Waals surface area contributed by atoms with Crippen LogP contribution in [0.4, 0.5) is 17.1 Å². The number of halogens is 1. The lowest BCUT2D eigenvalue weighted by molar-refractivity contribution is -0.124. The van der Waals surface area contributed by atoms with Crippen molar-refractivity contribution in [3.05, 3.63) is 88.9 Å². The lowest BCUT2D eigenvalue weighted by Crippen LogP contribution is -2.39. The van der Waals surface area contributed by atoms with Crippen LogP contribution in [-0.4, -0.2) is 48.5 Å². The van der Waals surface area contributed by atoms with Crippen LogP contribution in [0, 0.1) is 0 Å². The summed E-state index contributed by atoms with van der Waals surface area (Å²) in [5.74, 6) is -0.448. The lowest BCUT2D eigenvalue weighted by atomic mass is 10.1. The number of nitrogens with one attached hydrogen (secondary N) is 1. The average molecular weight is 535 g/mol. The molecule has 2 amide bonds. The Morgan fingerprint density at radius 2 is 1.70 bits per heavy atom. The Labute approximate surface area is 228 Å². The highest BCUT2D eigenvalue weighted by atomic mass is 35.5. The van der Waals surface area contributed by atoms with E-state index in [0.717, 1.165) is 17.7 Å². The minimum absolute atomic E-state index is 0.0106. The fraction of sp³-hybridized carbons (Fsp3) is 0.276. The molecule has 4 rings (SSSR count). The number of thiocarbonyl (C=S) groups is 1. The molecule has 0 aromatic heterocycles. The zero-order valence-electron chi connectivity index (χ0n) is 21.3. The summed E-state index contributed by atoms with van der Waals surface area (Å²) in [4.78, 5) is 32.1. The van der Waals surface area contributed by atoms with Gasteiger partial charge in [-0.1, -0.05) is 48.9 Å². The van der Waals surface area contributed by atoms with Gasteiger partial charge in [-0.25, -0.2) is 0 Å². The second-order valence-corrected chi connectivity index (χ2v) is 9.99. The molecule has 1 aliphatic rings. The number of carbonyl (C=O) groups is 2. The van der Waals surface area contributed by atoms with Crippen molar-refractivity contribution in [1.29, 1.82) is 0 Å². The molecule has 1 saturated heterocycles. The predicted molar refractivity (Wildman–Crippen MR) is 156 cm³/mol. The topological polar surface area (TPSA) is 55.9 Å². The average Bonchev–Trinajstić information content (AvgIpc) is 3.12. The smallest absolute Gasteiger partial charge is 0.256 e. The monoisotopic (exact) mass is 534 g/mol. The summed E-state index contributed by atoms with van der Waals surface area (Å²) in [6.07, 6.45) is 1.51. The van der Waals surface area contributed by atoms with E-state index in [9.17, 15) is 9.59 Å². The fourth-order valence-electron chi connectivity index (χ4n) is 4.38. The van der Waals surface area contributed by atoms with Gasteiger partial charge in [0, 0.05) is 37.0 Å². The number of hydrogen-bond donors (Lipinski definition) is 1. The third kappa shape index (κ3) is 6.12. The summed E-state index contributed by atoms with van der Waals surface area (Å²) in [6.45, 7) is 2.54. The maximum Gasteiger partial charge on any atom is 0.256 e. The maximum absolute atomic E-state index is 13.7. The van der Waals surface area contributed by atoms with Gasteiger partial charge in [0.25, 0.3) is 5.91 Å². The molecule has 3 aromatic carbocycles. The van der Waals surface area contributed by atoms with Gasteiger partial charge in [-0.15, -0.1) is 0 Å². The van der Waals surface area contributed by atoms with Gasteiger partial charge in [-0.3, -0.25) is 14.5 Å². The molecule has 1 aliphatic heterocycles. The molecule has 0 saturated carbocycles. The first-order valence-corrected chi connectivity index (χ1v) is 13.1. The first kappa shape index (κ1) is 26.6. The molecular formula is C29H31ClN4O2S. The minimum Gasteiger partial charge on any atom is -0.378 e.